The molecular formula is C26H25NO3. The van der Waals surface area contributed by atoms with Gasteiger partial charge in [0.1, 0.15) is 0 Å². The molecule has 0 fully saturated rings. The quantitative estimate of drug-likeness (QED) is 0.594. The lowest BCUT2D eigenvalue weighted by Crippen LogP contribution is -2.43. The van der Waals surface area contributed by atoms with Gasteiger partial charge in [-0.2, -0.15) is 0 Å². The number of carbonyl (C=O) groups is 2. The molecule has 1 heterocycles. The average Bonchev–Trinajstić information content (AvgIpc) is 2.77. The van der Waals surface area contributed by atoms with E-state index in [0.717, 1.165) is 17.5 Å². The third-order valence-corrected chi connectivity index (χ3v) is 5.57. The van der Waals surface area contributed by atoms with Crippen molar-refractivity contribution in [1.82, 2.24) is 4.90 Å². The number of ether oxygens (including phenoxy) is 1. The van der Waals surface area contributed by atoms with Crippen LogP contribution in [0.25, 0.3) is 0 Å². The zero-order valence-electron chi connectivity index (χ0n) is 17.2. The minimum absolute atomic E-state index is 0.198. The predicted octanol–water partition coefficient (Wildman–Crippen LogP) is 4.77. The normalized spacial score (nSPS) is 16.5. The topological polar surface area (TPSA) is 46.6 Å². The molecule has 0 unspecified atom stereocenters. The lowest BCUT2D eigenvalue weighted by Gasteiger charge is -2.39. The van der Waals surface area contributed by atoms with Crippen LogP contribution < -0.4 is 0 Å². The van der Waals surface area contributed by atoms with Gasteiger partial charge >= 0.3 is 5.97 Å². The van der Waals surface area contributed by atoms with Crippen molar-refractivity contribution in [3.63, 3.8) is 0 Å². The van der Waals surface area contributed by atoms with Crippen LogP contribution in [0.1, 0.15) is 46.9 Å². The Morgan fingerprint density at radius 1 is 0.933 bits per heavy atom. The first-order chi connectivity index (χ1) is 14.5. The highest BCUT2D eigenvalue weighted by molar-refractivity contribution is 5.85. The fraction of sp³-hybridized carbons (Fsp3) is 0.231. The maximum Gasteiger partial charge on any atom is 0.303 e. The van der Waals surface area contributed by atoms with E-state index in [2.05, 4.69) is 36.4 Å². The molecule has 1 aliphatic heterocycles. The Labute approximate surface area is 177 Å². The Kier molecular flexibility index (Phi) is 5.66. The molecule has 1 aliphatic rings. The zero-order chi connectivity index (χ0) is 21.1. The Bertz CT molecular complexity index is 1040. The number of hydrogen-bond acceptors (Lipinski definition) is 3. The van der Waals surface area contributed by atoms with E-state index in [1.807, 2.05) is 54.3 Å². The van der Waals surface area contributed by atoms with Gasteiger partial charge in [-0.3, -0.25) is 9.59 Å². The minimum Gasteiger partial charge on any atom is -0.447 e. The summed E-state index contributed by atoms with van der Waals surface area (Å²) in [6.45, 7) is 3.96. The Morgan fingerprint density at radius 3 is 2.30 bits per heavy atom. The van der Waals surface area contributed by atoms with Crippen molar-refractivity contribution in [2.45, 2.75) is 32.4 Å². The maximum absolute atomic E-state index is 13.7. The summed E-state index contributed by atoms with van der Waals surface area (Å²) in [5, 5.41) is 0. The zero-order valence-corrected chi connectivity index (χ0v) is 17.2. The summed E-state index contributed by atoms with van der Waals surface area (Å²) in [7, 11) is 0. The van der Waals surface area contributed by atoms with Crippen LogP contribution in [-0.4, -0.2) is 23.3 Å². The van der Waals surface area contributed by atoms with Crippen LogP contribution in [0.2, 0.25) is 0 Å². The Morgan fingerprint density at radius 2 is 1.60 bits per heavy atom. The molecule has 4 nitrogen and oxygen atoms in total. The van der Waals surface area contributed by atoms with Crippen LogP contribution in [0.15, 0.2) is 78.9 Å². The highest BCUT2D eigenvalue weighted by Gasteiger charge is 2.37. The predicted molar refractivity (Wildman–Crippen MR) is 116 cm³/mol. The molecule has 0 spiro atoms. The van der Waals surface area contributed by atoms with Crippen molar-refractivity contribution in [3.8, 4) is 0 Å². The number of rotatable bonds is 4. The van der Waals surface area contributed by atoms with E-state index in [1.54, 1.807) is 0 Å². The fourth-order valence-corrected chi connectivity index (χ4v) is 4.12. The summed E-state index contributed by atoms with van der Waals surface area (Å²) in [6.07, 6.45) is -0.187. The van der Waals surface area contributed by atoms with Crippen LogP contribution >= 0.6 is 0 Å². The van der Waals surface area contributed by atoms with Gasteiger partial charge in [-0.25, -0.2) is 0 Å². The molecule has 0 saturated heterocycles. The number of carbonyl (C=O) groups excluding carboxylic acids is 2. The third kappa shape index (κ3) is 3.99. The molecule has 4 heteroatoms. The van der Waals surface area contributed by atoms with E-state index in [-0.39, 0.29) is 11.9 Å². The van der Waals surface area contributed by atoms with Gasteiger partial charge in [0.15, 0.2) is 0 Å². The lowest BCUT2D eigenvalue weighted by atomic mass is 9.87. The molecule has 4 rings (SSSR count). The second-order valence-electron chi connectivity index (χ2n) is 7.69. The summed E-state index contributed by atoms with van der Waals surface area (Å²) in [5.74, 6) is -0.669. The van der Waals surface area contributed by atoms with Crippen LogP contribution in [0.4, 0.5) is 0 Å². The van der Waals surface area contributed by atoms with Crippen LogP contribution in [0.3, 0.4) is 0 Å². The van der Waals surface area contributed by atoms with Gasteiger partial charge < -0.3 is 9.64 Å². The number of amides is 1. The molecule has 0 bridgehead atoms. The molecule has 0 saturated carbocycles. The molecule has 0 aromatic heterocycles. The first-order valence-electron chi connectivity index (χ1n) is 10.2. The number of esters is 1. The largest absolute Gasteiger partial charge is 0.447 e. The number of hydrogen-bond donors (Lipinski definition) is 0. The lowest BCUT2D eigenvalue weighted by molar-refractivity contribution is -0.160. The molecule has 30 heavy (non-hydrogen) atoms. The van der Waals surface area contributed by atoms with E-state index >= 15 is 0 Å². The summed E-state index contributed by atoms with van der Waals surface area (Å²) >= 11 is 0. The van der Waals surface area contributed by atoms with Crippen LogP contribution in [0.5, 0.6) is 0 Å². The van der Waals surface area contributed by atoms with E-state index < -0.39 is 12.1 Å². The molecule has 152 valence electrons. The van der Waals surface area contributed by atoms with Gasteiger partial charge in [-0.1, -0.05) is 84.4 Å². The van der Waals surface area contributed by atoms with Crippen LogP contribution in [0, 0.1) is 6.92 Å². The van der Waals surface area contributed by atoms with Crippen molar-refractivity contribution >= 4 is 11.9 Å². The maximum atomic E-state index is 13.7. The third-order valence-electron chi connectivity index (χ3n) is 5.57. The van der Waals surface area contributed by atoms with Crippen molar-refractivity contribution < 1.29 is 14.3 Å². The molecule has 0 radical (unpaired) electrons. The number of nitrogens with zero attached hydrogens (tertiary/aromatic N) is 1. The molecular weight excluding hydrogens is 374 g/mol. The monoisotopic (exact) mass is 399 g/mol. The minimum atomic E-state index is -0.957. The van der Waals surface area contributed by atoms with E-state index in [1.165, 1.54) is 18.1 Å². The second-order valence-corrected chi connectivity index (χ2v) is 7.69. The van der Waals surface area contributed by atoms with Gasteiger partial charge in [0.05, 0.1) is 6.04 Å². The fourth-order valence-electron chi connectivity index (χ4n) is 4.12. The highest BCUT2D eigenvalue weighted by atomic mass is 16.5. The standard InChI is InChI=1S/C26H25NO3/c1-18-12-14-21(15-13-18)24-23-11-7-6-8-20(23)16-17-27(24)26(29)25(30-19(2)28)22-9-4-3-5-10-22/h3-15,24-25H,16-17H2,1-2H3/t24-,25-/m0/s1. The first kappa shape index (κ1) is 19.9. The first-order valence-corrected chi connectivity index (χ1v) is 10.2. The molecule has 0 aliphatic carbocycles. The summed E-state index contributed by atoms with van der Waals surface area (Å²) < 4.78 is 5.51. The summed E-state index contributed by atoms with van der Waals surface area (Å²) in [6, 6.07) is 25.5. The van der Waals surface area contributed by atoms with Gasteiger partial charge in [-0.15, -0.1) is 0 Å². The van der Waals surface area contributed by atoms with Gasteiger partial charge in [0.2, 0.25) is 6.10 Å². The molecule has 0 N–H and O–H groups in total. The van der Waals surface area contributed by atoms with Crippen molar-refractivity contribution in [2.75, 3.05) is 6.54 Å². The van der Waals surface area contributed by atoms with Gasteiger partial charge in [0, 0.05) is 19.0 Å². The van der Waals surface area contributed by atoms with Crippen molar-refractivity contribution in [3.05, 3.63) is 107 Å². The van der Waals surface area contributed by atoms with E-state index in [9.17, 15) is 9.59 Å². The molecule has 2 atom stereocenters. The van der Waals surface area contributed by atoms with Gasteiger partial charge in [0.25, 0.3) is 5.91 Å². The van der Waals surface area contributed by atoms with E-state index in [0.29, 0.717) is 12.1 Å². The summed E-state index contributed by atoms with van der Waals surface area (Å²) in [4.78, 5) is 27.4. The number of aryl methyl sites for hydroxylation is 1. The smallest absolute Gasteiger partial charge is 0.303 e. The molecule has 1 amide bonds. The number of fused-ring (bicyclic) bond motifs is 1. The highest BCUT2D eigenvalue weighted by Crippen LogP contribution is 2.37. The summed E-state index contributed by atoms with van der Waals surface area (Å²) in [5.41, 5.74) is 5.27. The van der Waals surface area contributed by atoms with Crippen molar-refractivity contribution in [1.29, 1.82) is 0 Å². The van der Waals surface area contributed by atoms with E-state index in [4.69, 9.17) is 4.74 Å². The SMILES string of the molecule is CC(=O)O[C@H](C(=O)N1CCc2ccccc2[C@@H]1c1ccc(C)cc1)c1ccccc1. The Hall–Kier alpha value is -3.40. The molecule has 3 aromatic rings. The molecule has 3 aromatic carbocycles. The second kappa shape index (κ2) is 8.54. The number of benzene rings is 3. The Balaban J connectivity index is 1.77. The average molecular weight is 399 g/mol. The van der Waals surface area contributed by atoms with Gasteiger partial charge in [-0.05, 0) is 30.0 Å². The van der Waals surface area contributed by atoms with Crippen LogP contribution in [-0.2, 0) is 20.7 Å². The van der Waals surface area contributed by atoms with Crippen molar-refractivity contribution in [2.24, 2.45) is 0 Å².